The quantitative estimate of drug-likeness (QED) is 0.613. The van der Waals surface area contributed by atoms with Crippen molar-refractivity contribution in [2.24, 2.45) is 0 Å². The number of aromatic nitrogens is 3. The van der Waals surface area contributed by atoms with Crippen LogP contribution in [-0.4, -0.2) is 47.4 Å². The summed E-state index contributed by atoms with van der Waals surface area (Å²) in [7, 11) is 0. The summed E-state index contributed by atoms with van der Waals surface area (Å²) in [5.41, 5.74) is 2.20. The van der Waals surface area contributed by atoms with E-state index in [1.807, 2.05) is 30.0 Å². The summed E-state index contributed by atoms with van der Waals surface area (Å²) >= 11 is 0. The van der Waals surface area contributed by atoms with Gasteiger partial charge in [0.1, 0.15) is 23.2 Å². The first-order valence-electron chi connectivity index (χ1n) is 10.9. The lowest BCUT2D eigenvalue weighted by molar-refractivity contribution is 0.102. The monoisotopic (exact) mass is 460 g/mol. The molecule has 3 heterocycles. The second-order valence-electron chi connectivity index (χ2n) is 8.59. The molecule has 4 rings (SSSR count). The first-order chi connectivity index (χ1) is 16.3. The Bertz CT molecular complexity index is 1260. The van der Waals surface area contributed by atoms with Crippen LogP contribution in [-0.2, 0) is 10.4 Å². The molecule has 2 aromatic heterocycles. The Kier molecular flexibility index (Phi) is 6.52. The van der Waals surface area contributed by atoms with Crippen LogP contribution in [0.4, 0.5) is 15.9 Å². The van der Waals surface area contributed by atoms with E-state index in [1.165, 1.54) is 26.1 Å². The van der Waals surface area contributed by atoms with Crippen LogP contribution in [0, 0.1) is 18.3 Å². The topological polar surface area (TPSA) is 104 Å². The molecule has 1 N–H and O–H groups in total. The summed E-state index contributed by atoms with van der Waals surface area (Å²) < 4.78 is 19.6. The van der Waals surface area contributed by atoms with E-state index < -0.39 is 11.6 Å². The number of hydrogen-bond donors (Lipinski definition) is 1. The summed E-state index contributed by atoms with van der Waals surface area (Å²) in [5, 5.41) is 20.1. The van der Waals surface area contributed by atoms with Gasteiger partial charge in [-0.15, -0.1) is 0 Å². The number of nitrogens with zero attached hydrogens (tertiary/aromatic N) is 5. The Morgan fingerprint density at radius 2 is 1.97 bits per heavy atom. The number of hydrogen-bond acceptors (Lipinski definition) is 7. The van der Waals surface area contributed by atoms with Crippen molar-refractivity contribution >= 4 is 17.4 Å². The average molecular weight is 461 g/mol. The zero-order valence-corrected chi connectivity index (χ0v) is 19.3. The summed E-state index contributed by atoms with van der Waals surface area (Å²) in [6.45, 7) is 7.25. The molecule has 8 nitrogen and oxygen atoms in total. The first kappa shape index (κ1) is 23.3. The molecule has 1 saturated heterocycles. The third kappa shape index (κ3) is 5.02. The minimum Gasteiger partial charge on any atom is -0.378 e. The zero-order valence-electron chi connectivity index (χ0n) is 19.3. The molecular formula is C25H25FN6O2. The second-order valence-corrected chi connectivity index (χ2v) is 8.59. The highest BCUT2D eigenvalue weighted by atomic mass is 19.1. The standard InChI is InChI=1S/C25H25FN6O2/c1-16-4-5-20(30-24(33)19-11-22(25(2,3)26)31-29-15-19)12-21(16)18-10-17(13-27)23(28-14-18)32-6-8-34-9-7-32/h4-5,10-12,14-15H,6-9H2,1-3H3,(H,30,33). The van der Waals surface area contributed by atoms with Gasteiger partial charge in [-0.3, -0.25) is 4.79 Å². The fourth-order valence-corrected chi connectivity index (χ4v) is 3.71. The van der Waals surface area contributed by atoms with Crippen molar-refractivity contribution in [2.75, 3.05) is 36.5 Å². The number of morpholine rings is 1. The van der Waals surface area contributed by atoms with Crippen LogP contribution in [0.25, 0.3) is 11.1 Å². The van der Waals surface area contributed by atoms with E-state index in [-0.39, 0.29) is 11.3 Å². The molecule has 0 spiro atoms. The highest BCUT2D eigenvalue weighted by Crippen LogP contribution is 2.30. The Balaban J connectivity index is 1.60. The molecule has 0 unspecified atom stereocenters. The summed E-state index contributed by atoms with van der Waals surface area (Å²) in [6.07, 6.45) is 3.04. The summed E-state index contributed by atoms with van der Waals surface area (Å²) in [6, 6.07) is 11.0. The highest BCUT2D eigenvalue weighted by molar-refractivity contribution is 6.04. The minimum atomic E-state index is -1.71. The van der Waals surface area contributed by atoms with Gasteiger partial charge in [-0.05, 0) is 56.2 Å². The van der Waals surface area contributed by atoms with Gasteiger partial charge in [-0.1, -0.05) is 6.07 Å². The Morgan fingerprint density at radius 3 is 2.68 bits per heavy atom. The highest BCUT2D eigenvalue weighted by Gasteiger charge is 2.23. The molecule has 0 aliphatic carbocycles. The van der Waals surface area contributed by atoms with Gasteiger partial charge in [-0.2, -0.15) is 15.5 Å². The normalized spacial score (nSPS) is 13.9. The van der Waals surface area contributed by atoms with Gasteiger partial charge < -0.3 is 15.0 Å². The van der Waals surface area contributed by atoms with Crippen LogP contribution >= 0.6 is 0 Å². The van der Waals surface area contributed by atoms with E-state index in [1.54, 1.807) is 12.3 Å². The van der Waals surface area contributed by atoms with E-state index in [0.717, 1.165) is 16.7 Å². The molecule has 1 aliphatic heterocycles. The molecule has 0 radical (unpaired) electrons. The number of nitrogens with one attached hydrogen (secondary N) is 1. The van der Waals surface area contributed by atoms with Crippen LogP contribution < -0.4 is 10.2 Å². The lowest BCUT2D eigenvalue weighted by Crippen LogP contribution is -2.37. The number of alkyl halides is 1. The van der Waals surface area contributed by atoms with Crippen LogP contribution in [0.2, 0.25) is 0 Å². The number of nitriles is 1. The van der Waals surface area contributed by atoms with E-state index in [9.17, 15) is 14.4 Å². The number of aryl methyl sites for hydroxylation is 1. The van der Waals surface area contributed by atoms with Gasteiger partial charge in [0.15, 0.2) is 0 Å². The van der Waals surface area contributed by atoms with Crippen molar-refractivity contribution < 1.29 is 13.9 Å². The third-order valence-corrected chi connectivity index (χ3v) is 5.63. The van der Waals surface area contributed by atoms with E-state index in [4.69, 9.17) is 4.74 Å². The Labute approximate surface area is 197 Å². The van der Waals surface area contributed by atoms with Gasteiger partial charge in [0.05, 0.1) is 30.5 Å². The molecule has 1 fully saturated rings. The number of carbonyl (C=O) groups is 1. The van der Waals surface area contributed by atoms with Crippen molar-refractivity contribution in [1.82, 2.24) is 15.2 Å². The molecule has 1 aliphatic rings. The lowest BCUT2D eigenvalue weighted by Gasteiger charge is -2.28. The predicted molar refractivity (Wildman–Crippen MR) is 126 cm³/mol. The lowest BCUT2D eigenvalue weighted by atomic mass is 9.99. The number of carbonyl (C=O) groups excluding carboxylic acids is 1. The fourth-order valence-electron chi connectivity index (χ4n) is 3.71. The van der Waals surface area contributed by atoms with Gasteiger partial charge in [0, 0.05) is 30.5 Å². The molecule has 174 valence electrons. The van der Waals surface area contributed by atoms with E-state index >= 15 is 0 Å². The second kappa shape index (κ2) is 9.53. The SMILES string of the molecule is Cc1ccc(NC(=O)c2cnnc(C(C)(C)F)c2)cc1-c1cnc(N2CCOCC2)c(C#N)c1. The number of halogens is 1. The maximum absolute atomic E-state index is 14.2. The molecule has 0 atom stereocenters. The molecule has 34 heavy (non-hydrogen) atoms. The first-order valence-corrected chi connectivity index (χ1v) is 10.9. The average Bonchev–Trinajstić information content (AvgIpc) is 2.85. The molecule has 3 aromatic rings. The molecule has 1 aromatic carbocycles. The van der Waals surface area contributed by atoms with E-state index in [0.29, 0.717) is 43.4 Å². The largest absolute Gasteiger partial charge is 0.378 e. The van der Waals surface area contributed by atoms with Crippen LogP contribution in [0.1, 0.15) is 41.0 Å². The van der Waals surface area contributed by atoms with Gasteiger partial charge in [0.2, 0.25) is 0 Å². The summed E-state index contributed by atoms with van der Waals surface area (Å²) in [5.74, 6) is 0.224. The number of pyridine rings is 1. The number of benzene rings is 1. The zero-order chi connectivity index (χ0) is 24.3. The van der Waals surface area contributed by atoms with Crippen LogP contribution in [0.3, 0.4) is 0 Å². The van der Waals surface area contributed by atoms with Crippen molar-refractivity contribution in [2.45, 2.75) is 26.4 Å². The Hall–Kier alpha value is -3.90. The van der Waals surface area contributed by atoms with Crippen molar-refractivity contribution in [3.63, 3.8) is 0 Å². The van der Waals surface area contributed by atoms with Crippen molar-refractivity contribution in [3.8, 4) is 17.2 Å². The number of anilines is 2. The molecular weight excluding hydrogens is 435 g/mol. The van der Waals surface area contributed by atoms with Crippen LogP contribution in [0.15, 0.2) is 42.7 Å². The minimum absolute atomic E-state index is 0.0835. The van der Waals surface area contributed by atoms with E-state index in [2.05, 4.69) is 26.6 Å². The number of amides is 1. The van der Waals surface area contributed by atoms with Gasteiger partial charge in [0.25, 0.3) is 5.91 Å². The molecule has 1 amide bonds. The van der Waals surface area contributed by atoms with Crippen molar-refractivity contribution in [3.05, 3.63) is 65.1 Å². The molecule has 0 saturated carbocycles. The smallest absolute Gasteiger partial charge is 0.257 e. The number of ether oxygens (including phenoxy) is 1. The predicted octanol–water partition coefficient (Wildman–Crippen LogP) is 4.01. The maximum atomic E-state index is 14.2. The molecule has 9 heteroatoms. The molecule has 0 bridgehead atoms. The van der Waals surface area contributed by atoms with Gasteiger partial charge >= 0.3 is 0 Å². The third-order valence-electron chi connectivity index (χ3n) is 5.63. The van der Waals surface area contributed by atoms with Gasteiger partial charge in [-0.25, -0.2) is 9.37 Å². The Morgan fingerprint density at radius 1 is 1.21 bits per heavy atom. The summed E-state index contributed by atoms with van der Waals surface area (Å²) in [4.78, 5) is 19.4. The fraction of sp³-hybridized carbons (Fsp3) is 0.320. The number of rotatable bonds is 5. The van der Waals surface area contributed by atoms with Crippen molar-refractivity contribution in [1.29, 1.82) is 5.26 Å². The maximum Gasteiger partial charge on any atom is 0.257 e. The van der Waals surface area contributed by atoms with Crippen LogP contribution in [0.5, 0.6) is 0 Å².